The smallest absolute Gasteiger partial charge is 0.323 e. The first-order chi connectivity index (χ1) is 12.0. The molecule has 2 aromatic heterocycles. The molecular formula is C18H26N4O3. The van der Waals surface area contributed by atoms with E-state index in [1.165, 1.54) is 0 Å². The van der Waals surface area contributed by atoms with Crippen LogP contribution in [0.5, 0.6) is 0 Å². The zero-order chi connectivity index (χ0) is 17.8. The maximum absolute atomic E-state index is 12.5. The lowest BCUT2D eigenvalue weighted by atomic mass is 10.1. The summed E-state index contributed by atoms with van der Waals surface area (Å²) in [6.07, 6.45) is 2.73. The molecule has 0 bridgehead atoms. The molecule has 1 aliphatic heterocycles. The number of carbonyl (C=O) groups excluding carboxylic acids is 1. The zero-order valence-corrected chi connectivity index (χ0v) is 15.1. The number of aromatic nitrogens is 2. The number of ether oxygens (including phenoxy) is 1. The van der Waals surface area contributed by atoms with Crippen LogP contribution in [0, 0.1) is 12.8 Å². The standard InChI is InChI=1S/C18H26N4O3/c1-13(2)6-8-22-9-7-17(20-22)19-18(23)21-10-11-24-16(12-21)15-5-4-14(3)25-15/h4-5,7,9,13,16H,6,8,10-12H2,1-3H3,(H,19,20,23)/t16-/m0/s1. The first-order valence-corrected chi connectivity index (χ1v) is 8.78. The zero-order valence-electron chi connectivity index (χ0n) is 15.1. The highest BCUT2D eigenvalue weighted by Gasteiger charge is 2.27. The molecule has 2 aromatic rings. The van der Waals surface area contributed by atoms with Gasteiger partial charge in [0.25, 0.3) is 0 Å². The van der Waals surface area contributed by atoms with E-state index in [2.05, 4.69) is 24.3 Å². The molecule has 0 spiro atoms. The summed E-state index contributed by atoms with van der Waals surface area (Å²) >= 11 is 0. The van der Waals surface area contributed by atoms with Gasteiger partial charge in [-0.2, -0.15) is 5.10 Å². The van der Waals surface area contributed by atoms with Gasteiger partial charge in [-0.15, -0.1) is 0 Å². The van der Waals surface area contributed by atoms with Crippen LogP contribution < -0.4 is 5.32 Å². The summed E-state index contributed by atoms with van der Waals surface area (Å²) in [7, 11) is 0. The van der Waals surface area contributed by atoms with Gasteiger partial charge in [0.1, 0.15) is 17.6 Å². The molecule has 3 heterocycles. The molecule has 0 saturated carbocycles. The number of hydrogen-bond donors (Lipinski definition) is 1. The van der Waals surface area contributed by atoms with Crippen LogP contribution in [0.3, 0.4) is 0 Å². The average molecular weight is 346 g/mol. The number of rotatable bonds is 5. The van der Waals surface area contributed by atoms with E-state index in [1.54, 1.807) is 4.90 Å². The molecule has 7 heteroatoms. The molecule has 1 atom stereocenters. The van der Waals surface area contributed by atoms with Gasteiger partial charge in [0.15, 0.2) is 5.82 Å². The Bertz CT molecular complexity index is 707. The van der Waals surface area contributed by atoms with Gasteiger partial charge in [0.2, 0.25) is 0 Å². The van der Waals surface area contributed by atoms with Crippen LogP contribution >= 0.6 is 0 Å². The normalized spacial score (nSPS) is 17.9. The van der Waals surface area contributed by atoms with E-state index in [0.717, 1.165) is 24.5 Å². The van der Waals surface area contributed by atoms with Gasteiger partial charge in [-0.1, -0.05) is 13.8 Å². The fourth-order valence-electron chi connectivity index (χ4n) is 2.76. The quantitative estimate of drug-likeness (QED) is 0.900. The van der Waals surface area contributed by atoms with Crippen molar-refractivity contribution in [1.29, 1.82) is 0 Å². The molecule has 1 N–H and O–H groups in total. The van der Waals surface area contributed by atoms with Crippen molar-refractivity contribution >= 4 is 11.8 Å². The second kappa shape index (κ2) is 7.74. The Balaban J connectivity index is 1.55. The number of furan rings is 1. The van der Waals surface area contributed by atoms with Gasteiger partial charge < -0.3 is 14.1 Å². The Morgan fingerprint density at radius 3 is 2.96 bits per heavy atom. The third-order valence-electron chi connectivity index (χ3n) is 4.24. The first-order valence-electron chi connectivity index (χ1n) is 8.78. The topological polar surface area (TPSA) is 72.5 Å². The number of urea groups is 1. The van der Waals surface area contributed by atoms with Crippen LogP contribution in [0.2, 0.25) is 0 Å². The van der Waals surface area contributed by atoms with E-state index in [9.17, 15) is 4.79 Å². The van der Waals surface area contributed by atoms with Crippen LogP contribution in [0.15, 0.2) is 28.8 Å². The Kier molecular flexibility index (Phi) is 5.43. The second-order valence-corrected chi connectivity index (χ2v) is 6.83. The minimum absolute atomic E-state index is 0.161. The van der Waals surface area contributed by atoms with Crippen molar-refractivity contribution in [1.82, 2.24) is 14.7 Å². The van der Waals surface area contributed by atoms with Crippen molar-refractivity contribution in [2.75, 3.05) is 25.0 Å². The number of nitrogens with one attached hydrogen (secondary N) is 1. The molecular weight excluding hydrogens is 320 g/mol. The number of carbonyl (C=O) groups is 1. The van der Waals surface area contributed by atoms with Gasteiger partial charge in [0, 0.05) is 25.4 Å². The van der Waals surface area contributed by atoms with Gasteiger partial charge in [-0.3, -0.25) is 10.00 Å². The van der Waals surface area contributed by atoms with E-state index in [-0.39, 0.29) is 12.1 Å². The molecule has 0 unspecified atom stereocenters. The Morgan fingerprint density at radius 1 is 1.40 bits per heavy atom. The number of aryl methyl sites for hydroxylation is 2. The third-order valence-corrected chi connectivity index (χ3v) is 4.24. The van der Waals surface area contributed by atoms with Crippen molar-refractivity contribution in [3.8, 4) is 0 Å². The van der Waals surface area contributed by atoms with E-state index in [4.69, 9.17) is 9.15 Å². The summed E-state index contributed by atoms with van der Waals surface area (Å²) < 4.78 is 13.2. The van der Waals surface area contributed by atoms with Gasteiger partial charge >= 0.3 is 6.03 Å². The number of morpholine rings is 1. The lowest BCUT2D eigenvalue weighted by Gasteiger charge is -2.31. The van der Waals surface area contributed by atoms with Crippen molar-refractivity contribution in [2.24, 2.45) is 5.92 Å². The Labute approximate surface area is 147 Å². The molecule has 1 aliphatic rings. The SMILES string of the molecule is Cc1ccc([C@@H]2CN(C(=O)Nc3ccn(CCC(C)C)n3)CCO2)o1. The molecule has 0 aliphatic carbocycles. The number of hydrogen-bond acceptors (Lipinski definition) is 4. The third kappa shape index (κ3) is 4.63. The Hall–Kier alpha value is -2.28. The van der Waals surface area contributed by atoms with E-state index < -0.39 is 0 Å². The average Bonchev–Trinajstić information content (AvgIpc) is 3.22. The molecule has 136 valence electrons. The van der Waals surface area contributed by atoms with Gasteiger partial charge in [0.05, 0.1) is 13.2 Å². The molecule has 25 heavy (non-hydrogen) atoms. The maximum Gasteiger partial charge on any atom is 0.323 e. The van der Waals surface area contributed by atoms with Crippen LogP contribution in [-0.4, -0.2) is 40.4 Å². The molecule has 2 amide bonds. The van der Waals surface area contributed by atoms with Crippen molar-refractivity contribution in [3.63, 3.8) is 0 Å². The van der Waals surface area contributed by atoms with Crippen molar-refractivity contribution in [3.05, 3.63) is 35.9 Å². The molecule has 0 radical (unpaired) electrons. The first kappa shape index (κ1) is 17.5. The monoisotopic (exact) mass is 346 g/mol. The molecule has 3 rings (SSSR count). The summed E-state index contributed by atoms with van der Waals surface area (Å²) in [5.41, 5.74) is 0. The molecule has 7 nitrogen and oxygen atoms in total. The predicted octanol–water partition coefficient (Wildman–Crippen LogP) is 3.44. The second-order valence-electron chi connectivity index (χ2n) is 6.83. The number of anilines is 1. The summed E-state index contributed by atoms with van der Waals surface area (Å²) in [6.45, 7) is 8.62. The summed E-state index contributed by atoms with van der Waals surface area (Å²) in [5.74, 6) is 2.79. The minimum Gasteiger partial charge on any atom is -0.464 e. The van der Waals surface area contributed by atoms with Crippen LogP contribution in [0.25, 0.3) is 0 Å². The summed E-state index contributed by atoms with van der Waals surface area (Å²) in [6, 6.07) is 5.47. The van der Waals surface area contributed by atoms with Gasteiger partial charge in [-0.05, 0) is 31.4 Å². The fourth-order valence-corrected chi connectivity index (χ4v) is 2.76. The molecule has 0 aromatic carbocycles. The van der Waals surface area contributed by atoms with E-state index >= 15 is 0 Å². The summed E-state index contributed by atoms with van der Waals surface area (Å²) in [5, 5.41) is 7.27. The highest BCUT2D eigenvalue weighted by Crippen LogP contribution is 2.24. The number of nitrogens with zero attached hydrogens (tertiary/aromatic N) is 3. The van der Waals surface area contributed by atoms with Crippen LogP contribution in [-0.2, 0) is 11.3 Å². The summed E-state index contributed by atoms with van der Waals surface area (Å²) in [4.78, 5) is 14.2. The van der Waals surface area contributed by atoms with Crippen molar-refractivity contribution < 1.29 is 13.9 Å². The van der Waals surface area contributed by atoms with Crippen LogP contribution in [0.4, 0.5) is 10.6 Å². The molecule has 1 fully saturated rings. The lowest BCUT2D eigenvalue weighted by Crippen LogP contribution is -2.44. The lowest BCUT2D eigenvalue weighted by molar-refractivity contribution is -0.0246. The van der Waals surface area contributed by atoms with E-state index in [1.807, 2.05) is 36.0 Å². The highest BCUT2D eigenvalue weighted by atomic mass is 16.5. The van der Waals surface area contributed by atoms with Crippen molar-refractivity contribution in [2.45, 2.75) is 39.8 Å². The van der Waals surface area contributed by atoms with Gasteiger partial charge in [-0.25, -0.2) is 4.79 Å². The van der Waals surface area contributed by atoms with Crippen LogP contribution in [0.1, 0.15) is 37.9 Å². The highest BCUT2D eigenvalue weighted by molar-refractivity contribution is 5.88. The molecule has 1 saturated heterocycles. The minimum atomic E-state index is -0.225. The maximum atomic E-state index is 12.5. The predicted molar refractivity (Wildman–Crippen MR) is 94.4 cm³/mol. The largest absolute Gasteiger partial charge is 0.464 e. The van der Waals surface area contributed by atoms with E-state index in [0.29, 0.717) is 31.4 Å². The number of amides is 2. The Morgan fingerprint density at radius 2 is 2.24 bits per heavy atom. The fraction of sp³-hybridized carbons (Fsp3) is 0.556.